The van der Waals surface area contributed by atoms with E-state index in [0.29, 0.717) is 5.69 Å². The van der Waals surface area contributed by atoms with Gasteiger partial charge in [-0.2, -0.15) is 0 Å². The van der Waals surface area contributed by atoms with Gasteiger partial charge in [-0.25, -0.2) is 8.42 Å². The van der Waals surface area contributed by atoms with Gasteiger partial charge in [0.15, 0.2) is 0 Å². The number of fused-ring (bicyclic) bond motifs is 1. The lowest BCUT2D eigenvalue weighted by Gasteiger charge is -2.09. The van der Waals surface area contributed by atoms with Crippen molar-refractivity contribution in [1.29, 1.82) is 0 Å². The molecule has 0 radical (unpaired) electrons. The van der Waals surface area contributed by atoms with Crippen molar-refractivity contribution in [2.75, 3.05) is 17.0 Å². The Labute approximate surface area is 100 Å². The highest BCUT2D eigenvalue weighted by Crippen LogP contribution is 2.23. The average molecular weight is 250 g/mol. The SMILES string of the molecule is NCCS(=O)(=O)Nc1cccc2ccccc12. The summed E-state index contributed by atoms with van der Waals surface area (Å²) in [5.74, 6) is -0.0732. The fraction of sp³-hybridized carbons (Fsp3) is 0.167. The highest BCUT2D eigenvalue weighted by molar-refractivity contribution is 7.92. The molecule has 2 rings (SSSR count). The van der Waals surface area contributed by atoms with Gasteiger partial charge in [0.05, 0.1) is 11.4 Å². The van der Waals surface area contributed by atoms with Gasteiger partial charge in [0, 0.05) is 11.9 Å². The van der Waals surface area contributed by atoms with Crippen LogP contribution >= 0.6 is 0 Å². The molecule has 0 amide bonds. The molecule has 0 aliphatic heterocycles. The van der Waals surface area contributed by atoms with E-state index in [-0.39, 0.29) is 12.3 Å². The normalized spacial score (nSPS) is 11.6. The molecule has 2 aromatic carbocycles. The molecule has 5 heteroatoms. The second-order valence-corrected chi connectivity index (χ2v) is 5.58. The average Bonchev–Trinajstić information content (AvgIpc) is 2.29. The van der Waals surface area contributed by atoms with E-state index in [0.717, 1.165) is 10.8 Å². The van der Waals surface area contributed by atoms with Crippen molar-refractivity contribution in [3.63, 3.8) is 0 Å². The number of rotatable bonds is 4. The quantitative estimate of drug-likeness (QED) is 0.864. The maximum atomic E-state index is 11.7. The van der Waals surface area contributed by atoms with E-state index in [2.05, 4.69) is 4.72 Å². The molecule has 0 fully saturated rings. The molecule has 0 spiro atoms. The first-order valence-electron chi connectivity index (χ1n) is 5.31. The molecule has 17 heavy (non-hydrogen) atoms. The van der Waals surface area contributed by atoms with E-state index in [1.165, 1.54) is 0 Å². The summed E-state index contributed by atoms with van der Waals surface area (Å²) in [6, 6.07) is 13.1. The molecule has 0 bridgehead atoms. The minimum atomic E-state index is -3.35. The van der Waals surface area contributed by atoms with Crippen molar-refractivity contribution in [3.05, 3.63) is 42.5 Å². The van der Waals surface area contributed by atoms with Gasteiger partial charge in [0.1, 0.15) is 0 Å². The van der Waals surface area contributed by atoms with Crippen molar-refractivity contribution in [2.24, 2.45) is 5.73 Å². The van der Waals surface area contributed by atoms with Gasteiger partial charge in [-0.3, -0.25) is 4.72 Å². The second-order valence-electron chi connectivity index (χ2n) is 3.74. The van der Waals surface area contributed by atoms with Crippen LogP contribution in [-0.4, -0.2) is 20.7 Å². The zero-order chi connectivity index (χ0) is 12.3. The number of anilines is 1. The Bertz CT molecular complexity index is 618. The van der Waals surface area contributed by atoms with E-state index in [4.69, 9.17) is 5.73 Å². The lowest BCUT2D eigenvalue weighted by molar-refractivity contribution is 0.601. The Morgan fingerprint density at radius 2 is 1.76 bits per heavy atom. The van der Waals surface area contributed by atoms with E-state index in [1.54, 1.807) is 6.07 Å². The van der Waals surface area contributed by atoms with Gasteiger partial charge < -0.3 is 5.73 Å². The van der Waals surface area contributed by atoms with Crippen LogP contribution in [0.15, 0.2) is 42.5 Å². The Morgan fingerprint density at radius 1 is 1.06 bits per heavy atom. The fourth-order valence-corrected chi connectivity index (χ4v) is 2.61. The first-order chi connectivity index (χ1) is 8.12. The molecule has 0 unspecified atom stereocenters. The minimum Gasteiger partial charge on any atom is -0.329 e. The first-order valence-corrected chi connectivity index (χ1v) is 6.96. The van der Waals surface area contributed by atoms with E-state index in [1.807, 2.05) is 36.4 Å². The molecule has 0 saturated heterocycles. The summed E-state index contributed by atoms with van der Waals surface area (Å²) in [6.07, 6.45) is 0. The van der Waals surface area contributed by atoms with Gasteiger partial charge in [0.25, 0.3) is 0 Å². The third-order valence-corrected chi connectivity index (χ3v) is 3.75. The molecule has 0 saturated carbocycles. The van der Waals surface area contributed by atoms with E-state index < -0.39 is 10.0 Å². The summed E-state index contributed by atoms with van der Waals surface area (Å²) >= 11 is 0. The zero-order valence-corrected chi connectivity index (χ0v) is 10.1. The van der Waals surface area contributed by atoms with Crippen molar-refractivity contribution in [1.82, 2.24) is 0 Å². The molecular formula is C12H14N2O2S. The lowest BCUT2D eigenvalue weighted by atomic mass is 10.1. The maximum Gasteiger partial charge on any atom is 0.233 e. The van der Waals surface area contributed by atoms with Gasteiger partial charge in [0.2, 0.25) is 10.0 Å². The van der Waals surface area contributed by atoms with Crippen molar-refractivity contribution in [3.8, 4) is 0 Å². The smallest absolute Gasteiger partial charge is 0.233 e. The van der Waals surface area contributed by atoms with Gasteiger partial charge in [-0.05, 0) is 11.5 Å². The highest BCUT2D eigenvalue weighted by atomic mass is 32.2. The number of benzene rings is 2. The van der Waals surface area contributed by atoms with Crippen LogP contribution in [0.25, 0.3) is 10.8 Å². The summed E-state index contributed by atoms with van der Waals surface area (Å²) < 4.78 is 25.9. The van der Waals surface area contributed by atoms with Crippen LogP contribution in [0, 0.1) is 0 Å². The summed E-state index contributed by atoms with van der Waals surface area (Å²) in [5.41, 5.74) is 5.86. The molecule has 0 aromatic heterocycles. The predicted molar refractivity (Wildman–Crippen MR) is 70.4 cm³/mol. The Hall–Kier alpha value is -1.59. The molecule has 0 aliphatic rings. The predicted octanol–water partition coefficient (Wildman–Crippen LogP) is 1.54. The number of nitrogens with two attached hydrogens (primary N) is 1. The summed E-state index contributed by atoms with van der Waals surface area (Å²) in [6.45, 7) is 0.111. The molecule has 2 aromatic rings. The van der Waals surface area contributed by atoms with Crippen LogP contribution < -0.4 is 10.5 Å². The van der Waals surface area contributed by atoms with Gasteiger partial charge in [-0.1, -0.05) is 36.4 Å². The summed E-state index contributed by atoms with van der Waals surface area (Å²) in [7, 11) is -3.35. The maximum absolute atomic E-state index is 11.7. The van der Waals surface area contributed by atoms with Gasteiger partial charge >= 0.3 is 0 Å². The third kappa shape index (κ3) is 2.75. The number of hydrogen-bond donors (Lipinski definition) is 2. The van der Waals surface area contributed by atoms with Gasteiger partial charge in [-0.15, -0.1) is 0 Å². The standard InChI is InChI=1S/C12H14N2O2S/c13-8-9-17(15,16)14-12-7-3-5-10-4-1-2-6-11(10)12/h1-7,14H,8-9,13H2. The number of nitrogens with one attached hydrogen (secondary N) is 1. The molecule has 0 aliphatic carbocycles. The highest BCUT2D eigenvalue weighted by Gasteiger charge is 2.10. The molecule has 3 N–H and O–H groups in total. The van der Waals surface area contributed by atoms with Crippen LogP contribution in [0.4, 0.5) is 5.69 Å². The van der Waals surface area contributed by atoms with E-state index >= 15 is 0 Å². The number of sulfonamides is 1. The van der Waals surface area contributed by atoms with Crippen molar-refractivity contribution in [2.45, 2.75) is 0 Å². The Kier molecular flexibility index (Phi) is 3.31. The largest absolute Gasteiger partial charge is 0.329 e. The van der Waals surface area contributed by atoms with Crippen LogP contribution in [0.1, 0.15) is 0 Å². The summed E-state index contributed by atoms with van der Waals surface area (Å²) in [4.78, 5) is 0. The van der Waals surface area contributed by atoms with E-state index in [9.17, 15) is 8.42 Å². The second kappa shape index (κ2) is 4.73. The molecule has 0 atom stereocenters. The fourth-order valence-electron chi connectivity index (χ4n) is 1.69. The van der Waals surface area contributed by atoms with Crippen LogP contribution in [0.5, 0.6) is 0 Å². The molecule has 0 heterocycles. The third-order valence-electron chi connectivity index (χ3n) is 2.44. The summed E-state index contributed by atoms with van der Waals surface area (Å²) in [5, 5.41) is 1.89. The molecular weight excluding hydrogens is 236 g/mol. The minimum absolute atomic E-state index is 0.0732. The first kappa shape index (κ1) is 11.9. The van der Waals surface area contributed by atoms with Crippen LogP contribution in [0.3, 0.4) is 0 Å². The zero-order valence-electron chi connectivity index (χ0n) is 9.26. The van der Waals surface area contributed by atoms with Crippen molar-refractivity contribution < 1.29 is 8.42 Å². The molecule has 4 nitrogen and oxygen atoms in total. The lowest BCUT2D eigenvalue weighted by Crippen LogP contribution is -2.22. The van der Waals surface area contributed by atoms with Crippen LogP contribution in [0.2, 0.25) is 0 Å². The van der Waals surface area contributed by atoms with Crippen LogP contribution in [-0.2, 0) is 10.0 Å². The topological polar surface area (TPSA) is 72.2 Å². The Morgan fingerprint density at radius 3 is 2.53 bits per heavy atom. The Balaban J connectivity index is 2.43. The monoisotopic (exact) mass is 250 g/mol. The number of hydrogen-bond acceptors (Lipinski definition) is 3. The molecule has 90 valence electrons. The van der Waals surface area contributed by atoms with Crippen molar-refractivity contribution >= 4 is 26.5 Å².